The molecule has 2 rings (SSSR count). The minimum Gasteiger partial charge on any atom is -0.438 e. The third kappa shape index (κ3) is 4.78. The summed E-state index contributed by atoms with van der Waals surface area (Å²) in [6, 6.07) is 11.4. The van der Waals surface area contributed by atoms with Gasteiger partial charge in [-0.1, -0.05) is 26.0 Å². The topological polar surface area (TPSA) is 76.0 Å². The van der Waals surface area contributed by atoms with Gasteiger partial charge in [-0.05, 0) is 35.7 Å². The van der Waals surface area contributed by atoms with Gasteiger partial charge in [-0.2, -0.15) is 0 Å². The second kappa shape index (κ2) is 9.00. The van der Waals surface area contributed by atoms with Crippen molar-refractivity contribution in [3.05, 3.63) is 53.7 Å². The van der Waals surface area contributed by atoms with E-state index in [4.69, 9.17) is 9.47 Å². The van der Waals surface area contributed by atoms with Crippen molar-refractivity contribution in [3.8, 4) is 11.6 Å². The molecular formula is C18H23N3O3. The summed E-state index contributed by atoms with van der Waals surface area (Å²) in [5.41, 5.74) is 3.91. The van der Waals surface area contributed by atoms with E-state index in [1.807, 2.05) is 24.3 Å². The molecule has 6 nitrogen and oxygen atoms in total. The molecule has 0 spiro atoms. The molecule has 2 N–H and O–H groups in total. The first-order valence-corrected chi connectivity index (χ1v) is 7.82. The second-order valence-corrected chi connectivity index (χ2v) is 5.52. The molecule has 0 fully saturated rings. The Hall–Kier alpha value is -2.44. The monoisotopic (exact) mass is 329 g/mol. The molecule has 0 aliphatic heterocycles. The number of nitrogens with one attached hydrogen (secondary N) is 1. The van der Waals surface area contributed by atoms with Gasteiger partial charge < -0.3 is 9.47 Å². The maximum absolute atomic E-state index is 9.36. The zero-order chi connectivity index (χ0) is 17.4. The van der Waals surface area contributed by atoms with Crippen molar-refractivity contribution in [2.75, 3.05) is 20.3 Å². The number of aromatic nitrogens is 1. The van der Waals surface area contributed by atoms with Gasteiger partial charge in [-0.3, -0.25) is 15.7 Å². The summed E-state index contributed by atoms with van der Waals surface area (Å²) in [5.74, 6) is 1.79. The SMILES string of the molecule is COCCN=C(NO)c1cccnc1Oc1ccc(C(C)C)cc1. The molecule has 1 aromatic carbocycles. The molecule has 0 atom stereocenters. The van der Waals surface area contributed by atoms with E-state index in [0.29, 0.717) is 36.3 Å². The third-order valence-electron chi connectivity index (χ3n) is 3.46. The molecule has 0 unspecified atom stereocenters. The summed E-state index contributed by atoms with van der Waals surface area (Å²) >= 11 is 0. The highest BCUT2D eigenvalue weighted by atomic mass is 16.5. The lowest BCUT2D eigenvalue weighted by Crippen LogP contribution is -2.22. The Kier molecular flexibility index (Phi) is 6.72. The number of ether oxygens (including phenoxy) is 2. The Balaban J connectivity index is 2.23. The number of hydrogen-bond acceptors (Lipinski definition) is 5. The number of hydrogen-bond donors (Lipinski definition) is 2. The molecule has 2 aromatic rings. The van der Waals surface area contributed by atoms with Crippen molar-refractivity contribution in [1.29, 1.82) is 0 Å². The first-order valence-electron chi connectivity index (χ1n) is 7.82. The van der Waals surface area contributed by atoms with Crippen LogP contribution in [0.1, 0.15) is 30.9 Å². The minimum absolute atomic E-state index is 0.286. The number of benzene rings is 1. The molecule has 0 saturated heterocycles. The van der Waals surface area contributed by atoms with Crippen LogP contribution >= 0.6 is 0 Å². The molecule has 1 heterocycles. The fraction of sp³-hybridized carbons (Fsp3) is 0.333. The van der Waals surface area contributed by atoms with Gasteiger partial charge in [0.2, 0.25) is 5.88 Å². The molecule has 24 heavy (non-hydrogen) atoms. The molecule has 0 amide bonds. The van der Waals surface area contributed by atoms with Crippen molar-refractivity contribution in [3.63, 3.8) is 0 Å². The van der Waals surface area contributed by atoms with Crippen molar-refractivity contribution < 1.29 is 14.7 Å². The first-order chi connectivity index (χ1) is 11.7. The predicted octanol–water partition coefficient (Wildman–Crippen LogP) is 3.37. The van der Waals surface area contributed by atoms with Crippen molar-refractivity contribution in [1.82, 2.24) is 10.5 Å². The van der Waals surface area contributed by atoms with E-state index >= 15 is 0 Å². The molecule has 0 aliphatic rings. The van der Waals surface area contributed by atoms with E-state index in [-0.39, 0.29) is 5.84 Å². The van der Waals surface area contributed by atoms with Gasteiger partial charge >= 0.3 is 0 Å². The summed E-state index contributed by atoms with van der Waals surface area (Å²) in [6.45, 7) is 5.15. The van der Waals surface area contributed by atoms with Crippen LogP contribution in [-0.4, -0.2) is 36.3 Å². The number of nitrogens with zero attached hydrogens (tertiary/aromatic N) is 2. The zero-order valence-corrected chi connectivity index (χ0v) is 14.2. The van der Waals surface area contributed by atoms with Crippen LogP contribution in [-0.2, 0) is 4.74 Å². The van der Waals surface area contributed by atoms with Gasteiger partial charge in [0, 0.05) is 13.3 Å². The van der Waals surface area contributed by atoms with Gasteiger partial charge in [-0.25, -0.2) is 4.98 Å². The lowest BCUT2D eigenvalue weighted by atomic mass is 10.0. The average molecular weight is 329 g/mol. The Morgan fingerprint density at radius 1 is 1.25 bits per heavy atom. The van der Waals surface area contributed by atoms with Crippen LogP contribution in [0.2, 0.25) is 0 Å². The van der Waals surface area contributed by atoms with E-state index in [1.165, 1.54) is 5.56 Å². The Morgan fingerprint density at radius 3 is 2.62 bits per heavy atom. The van der Waals surface area contributed by atoms with Crippen LogP contribution in [0, 0.1) is 0 Å². The number of aliphatic imine (C=N–C) groups is 1. The second-order valence-electron chi connectivity index (χ2n) is 5.52. The normalized spacial score (nSPS) is 11.6. The number of methoxy groups -OCH3 is 1. The van der Waals surface area contributed by atoms with Crippen LogP contribution < -0.4 is 10.2 Å². The van der Waals surface area contributed by atoms with Crippen molar-refractivity contribution in [2.24, 2.45) is 4.99 Å². The first kappa shape index (κ1) is 17.9. The molecule has 128 valence electrons. The highest BCUT2D eigenvalue weighted by Gasteiger charge is 2.12. The third-order valence-corrected chi connectivity index (χ3v) is 3.46. The molecule has 0 saturated carbocycles. The summed E-state index contributed by atoms with van der Waals surface area (Å²) in [5, 5.41) is 9.36. The van der Waals surface area contributed by atoms with Crippen molar-refractivity contribution >= 4 is 5.84 Å². The fourth-order valence-corrected chi connectivity index (χ4v) is 2.11. The van der Waals surface area contributed by atoms with E-state index in [9.17, 15) is 5.21 Å². The van der Waals surface area contributed by atoms with E-state index < -0.39 is 0 Å². The van der Waals surface area contributed by atoms with Crippen LogP contribution in [0.3, 0.4) is 0 Å². The average Bonchev–Trinajstić information content (AvgIpc) is 2.60. The van der Waals surface area contributed by atoms with Gasteiger partial charge in [0.05, 0.1) is 18.7 Å². The lowest BCUT2D eigenvalue weighted by Gasteiger charge is -2.12. The standard InChI is InChI=1S/C18H23N3O3/c1-13(2)14-6-8-15(9-7-14)24-18-16(5-4-10-20-18)17(21-22)19-11-12-23-3/h4-10,13,22H,11-12H2,1-3H3,(H,19,21). The summed E-state index contributed by atoms with van der Waals surface area (Å²) in [4.78, 5) is 8.50. The van der Waals surface area contributed by atoms with Crippen LogP contribution in [0.25, 0.3) is 0 Å². The summed E-state index contributed by atoms with van der Waals surface area (Å²) in [7, 11) is 1.60. The fourth-order valence-electron chi connectivity index (χ4n) is 2.11. The van der Waals surface area contributed by atoms with E-state index in [0.717, 1.165) is 0 Å². The largest absolute Gasteiger partial charge is 0.438 e. The highest BCUT2D eigenvalue weighted by Crippen LogP contribution is 2.25. The Bertz CT molecular complexity index is 669. The van der Waals surface area contributed by atoms with Crippen LogP contribution in [0.4, 0.5) is 0 Å². The van der Waals surface area contributed by atoms with Gasteiger partial charge in [0.15, 0.2) is 5.84 Å². The van der Waals surface area contributed by atoms with Crippen molar-refractivity contribution in [2.45, 2.75) is 19.8 Å². The number of hydroxylamine groups is 1. The smallest absolute Gasteiger partial charge is 0.230 e. The predicted molar refractivity (Wildman–Crippen MR) is 93.0 cm³/mol. The van der Waals surface area contributed by atoms with E-state index in [1.54, 1.807) is 25.4 Å². The van der Waals surface area contributed by atoms with Gasteiger partial charge in [0.25, 0.3) is 0 Å². The summed E-state index contributed by atoms with van der Waals surface area (Å²) < 4.78 is 10.8. The maximum Gasteiger partial charge on any atom is 0.230 e. The molecule has 0 aliphatic carbocycles. The van der Waals surface area contributed by atoms with Gasteiger partial charge in [0.1, 0.15) is 5.75 Å². The number of pyridine rings is 1. The zero-order valence-electron chi connectivity index (χ0n) is 14.2. The molecule has 1 aromatic heterocycles. The molecule has 0 radical (unpaired) electrons. The van der Waals surface area contributed by atoms with Crippen LogP contribution in [0.5, 0.6) is 11.6 Å². The minimum atomic E-state index is 0.286. The lowest BCUT2D eigenvalue weighted by molar-refractivity contribution is 0.206. The molecular weight excluding hydrogens is 306 g/mol. The van der Waals surface area contributed by atoms with E-state index in [2.05, 4.69) is 29.3 Å². The number of rotatable bonds is 7. The highest BCUT2D eigenvalue weighted by molar-refractivity contribution is 6.00. The number of amidine groups is 1. The van der Waals surface area contributed by atoms with Gasteiger partial charge in [-0.15, -0.1) is 0 Å². The Morgan fingerprint density at radius 2 is 2.00 bits per heavy atom. The quantitative estimate of drug-likeness (QED) is 0.352. The Labute approximate surface area is 142 Å². The molecule has 6 heteroatoms. The summed E-state index contributed by atoms with van der Waals surface area (Å²) in [6.07, 6.45) is 1.63. The maximum atomic E-state index is 9.36. The van der Waals surface area contributed by atoms with Crippen LogP contribution in [0.15, 0.2) is 47.6 Å². The molecule has 0 bridgehead atoms.